The first-order chi connectivity index (χ1) is 13.8. The molecule has 1 aliphatic heterocycles. The molecule has 0 aliphatic carbocycles. The fourth-order valence-electron chi connectivity index (χ4n) is 3.28. The summed E-state index contributed by atoms with van der Waals surface area (Å²) in [6, 6.07) is 5.25. The van der Waals surface area contributed by atoms with Crippen LogP contribution in [0.2, 0.25) is 0 Å². The van der Waals surface area contributed by atoms with Gasteiger partial charge in [0.15, 0.2) is 0 Å². The van der Waals surface area contributed by atoms with E-state index in [-0.39, 0.29) is 5.82 Å². The summed E-state index contributed by atoms with van der Waals surface area (Å²) < 4.78 is 38.1. The summed E-state index contributed by atoms with van der Waals surface area (Å²) in [6.07, 6.45) is -0.540. The Morgan fingerprint density at radius 2 is 1.76 bits per heavy atom. The van der Waals surface area contributed by atoms with E-state index in [9.17, 15) is 13.2 Å². The van der Waals surface area contributed by atoms with Crippen LogP contribution < -0.4 is 16.4 Å². The molecule has 3 rings (SSSR count). The second-order valence-corrected chi connectivity index (χ2v) is 6.68. The maximum atomic E-state index is 12.7. The lowest BCUT2D eigenvalue weighted by molar-refractivity contribution is -0.137. The van der Waals surface area contributed by atoms with E-state index in [4.69, 9.17) is 16.9 Å². The Hall–Kier alpha value is -3.14. The van der Waals surface area contributed by atoms with Crippen molar-refractivity contribution in [2.75, 3.05) is 36.8 Å². The lowest BCUT2D eigenvalue weighted by Gasteiger charge is -2.36. The normalized spacial score (nSPS) is 16.1. The molecule has 154 valence electrons. The Morgan fingerprint density at radius 3 is 2.31 bits per heavy atom. The van der Waals surface area contributed by atoms with Crippen LogP contribution in [0.25, 0.3) is 5.57 Å². The molecule has 0 amide bonds. The highest BCUT2D eigenvalue weighted by Crippen LogP contribution is 2.30. The van der Waals surface area contributed by atoms with Gasteiger partial charge in [-0.15, -0.1) is 0 Å². The number of nitrogens with zero attached hydrogens (tertiary/aromatic N) is 4. The average molecular weight is 405 g/mol. The van der Waals surface area contributed by atoms with Crippen molar-refractivity contribution in [1.82, 2.24) is 14.9 Å². The van der Waals surface area contributed by atoms with Crippen molar-refractivity contribution >= 4 is 23.4 Å². The number of nitrogen functional groups attached to an aromatic ring is 1. The van der Waals surface area contributed by atoms with E-state index >= 15 is 0 Å². The molecule has 7 nitrogen and oxygen atoms in total. The minimum atomic E-state index is -4.32. The molecule has 29 heavy (non-hydrogen) atoms. The van der Waals surface area contributed by atoms with Gasteiger partial charge in [0.2, 0.25) is 0 Å². The average Bonchev–Trinajstić information content (AvgIpc) is 2.70. The maximum absolute atomic E-state index is 12.7. The molecule has 2 heterocycles. The number of halogens is 3. The molecule has 0 atom stereocenters. The van der Waals surface area contributed by atoms with E-state index in [2.05, 4.69) is 14.9 Å². The van der Waals surface area contributed by atoms with E-state index in [0.717, 1.165) is 23.9 Å². The number of nitrogens with two attached hydrogens (primary N) is 2. The minimum absolute atomic E-state index is 0.252. The molecule has 1 fully saturated rings. The quantitative estimate of drug-likeness (QED) is 0.659. The highest BCUT2D eigenvalue weighted by Gasteiger charge is 2.30. The van der Waals surface area contributed by atoms with E-state index in [1.54, 1.807) is 0 Å². The number of rotatable bonds is 5. The monoisotopic (exact) mass is 405 g/mol. The van der Waals surface area contributed by atoms with Crippen LogP contribution in [-0.4, -0.2) is 47.3 Å². The number of piperazine rings is 1. The van der Waals surface area contributed by atoms with E-state index in [1.807, 2.05) is 4.90 Å². The van der Waals surface area contributed by atoms with E-state index < -0.39 is 11.7 Å². The van der Waals surface area contributed by atoms with Gasteiger partial charge in [-0.2, -0.15) is 13.2 Å². The van der Waals surface area contributed by atoms with E-state index in [0.29, 0.717) is 49.7 Å². The van der Waals surface area contributed by atoms with Gasteiger partial charge in [0.05, 0.1) is 11.1 Å². The molecule has 0 unspecified atom stereocenters. The molecule has 1 aromatic heterocycles. The van der Waals surface area contributed by atoms with Gasteiger partial charge in [0, 0.05) is 50.7 Å². The fourth-order valence-corrected chi connectivity index (χ4v) is 3.28. The number of aromatic nitrogens is 2. The van der Waals surface area contributed by atoms with Gasteiger partial charge >= 0.3 is 6.18 Å². The highest BCUT2D eigenvalue weighted by molar-refractivity contribution is 6.12. The van der Waals surface area contributed by atoms with Crippen LogP contribution in [-0.2, 0) is 12.7 Å². The summed E-state index contributed by atoms with van der Waals surface area (Å²) in [7, 11) is 0. The van der Waals surface area contributed by atoms with Crippen LogP contribution in [0.3, 0.4) is 0 Å². The summed E-state index contributed by atoms with van der Waals surface area (Å²) in [4.78, 5) is 12.5. The Bertz CT molecular complexity index is 886. The second-order valence-electron chi connectivity index (χ2n) is 6.68. The fraction of sp³-hybridized carbons (Fsp3) is 0.316. The first-order valence-corrected chi connectivity index (χ1v) is 9.00. The second kappa shape index (κ2) is 8.48. The topological polar surface area (TPSA) is 108 Å². The Balaban J connectivity index is 1.67. The van der Waals surface area contributed by atoms with Crippen molar-refractivity contribution in [3.63, 3.8) is 0 Å². The van der Waals surface area contributed by atoms with Gasteiger partial charge in [-0.3, -0.25) is 4.90 Å². The summed E-state index contributed by atoms with van der Waals surface area (Å²) >= 11 is 0. The zero-order chi connectivity index (χ0) is 21.0. The van der Waals surface area contributed by atoms with Crippen LogP contribution in [0.4, 0.5) is 24.8 Å². The molecule has 0 spiro atoms. The molecule has 2 aromatic rings. The molecule has 0 radical (unpaired) electrons. The molecular weight excluding hydrogens is 383 g/mol. The number of allylic oxidation sites excluding steroid dienone is 1. The molecule has 1 saturated heterocycles. The van der Waals surface area contributed by atoms with Crippen molar-refractivity contribution < 1.29 is 13.2 Å². The van der Waals surface area contributed by atoms with Crippen molar-refractivity contribution in [2.45, 2.75) is 12.7 Å². The largest absolute Gasteiger partial charge is 0.416 e. The van der Waals surface area contributed by atoms with Gasteiger partial charge in [-0.05, 0) is 17.7 Å². The van der Waals surface area contributed by atoms with Gasteiger partial charge in [-0.25, -0.2) is 9.97 Å². The SMILES string of the molecule is N=C/C(=C\N)c1c(N)ncnc1N1CCN(Cc2ccc(C(F)(F)F)cc2)CC1. The number of nitrogens with one attached hydrogen (secondary N) is 1. The Labute approximate surface area is 166 Å². The van der Waals surface area contributed by atoms with Gasteiger partial charge in [0.1, 0.15) is 18.0 Å². The number of alkyl halides is 3. The van der Waals surface area contributed by atoms with Crippen LogP contribution >= 0.6 is 0 Å². The predicted octanol–water partition coefficient (Wildman–Crippen LogP) is 2.35. The van der Waals surface area contributed by atoms with Crippen LogP contribution in [0.15, 0.2) is 36.8 Å². The third-order valence-corrected chi connectivity index (χ3v) is 4.84. The van der Waals surface area contributed by atoms with Crippen LogP contribution in [0.1, 0.15) is 16.7 Å². The summed E-state index contributed by atoms with van der Waals surface area (Å²) in [5.74, 6) is 0.870. The van der Waals surface area contributed by atoms with Gasteiger partial charge in [0.25, 0.3) is 0 Å². The minimum Gasteiger partial charge on any atom is -0.404 e. The maximum Gasteiger partial charge on any atom is 0.416 e. The van der Waals surface area contributed by atoms with Crippen molar-refractivity contribution in [1.29, 1.82) is 5.41 Å². The lowest BCUT2D eigenvalue weighted by atomic mass is 10.1. The smallest absolute Gasteiger partial charge is 0.404 e. The first kappa shape index (κ1) is 20.6. The van der Waals surface area contributed by atoms with Crippen LogP contribution in [0, 0.1) is 5.41 Å². The molecule has 10 heteroatoms. The molecular formula is C19H22F3N7. The number of hydrogen-bond acceptors (Lipinski definition) is 7. The highest BCUT2D eigenvalue weighted by atomic mass is 19.4. The number of benzene rings is 1. The summed E-state index contributed by atoms with van der Waals surface area (Å²) in [5.41, 5.74) is 12.7. The van der Waals surface area contributed by atoms with Crippen LogP contribution in [0.5, 0.6) is 0 Å². The van der Waals surface area contributed by atoms with E-state index in [1.165, 1.54) is 24.7 Å². The van der Waals surface area contributed by atoms with Crippen molar-refractivity contribution in [2.24, 2.45) is 5.73 Å². The van der Waals surface area contributed by atoms with Crippen molar-refractivity contribution in [3.05, 3.63) is 53.5 Å². The molecule has 1 aromatic carbocycles. The zero-order valence-corrected chi connectivity index (χ0v) is 15.7. The lowest BCUT2D eigenvalue weighted by Crippen LogP contribution is -2.46. The van der Waals surface area contributed by atoms with Gasteiger partial charge in [-0.1, -0.05) is 12.1 Å². The summed E-state index contributed by atoms with van der Waals surface area (Å²) in [6.45, 7) is 3.28. The summed E-state index contributed by atoms with van der Waals surface area (Å²) in [5, 5.41) is 7.53. The van der Waals surface area contributed by atoms with Crippen molar-refractivity contribution in [3.8, 4) is 0 Å². The molecule has 0 saturated carbocycles. The van der Waals surface area contributed by atoms with Gasteiger partial charge < -0.3 is 21.8 Å². The third kappa shape index (κ3) is 4.65. The Kier molecular flexibility index (Phi) is 6.02. The third-order valence-electron chi connectivity index (χ3n) is 4.84. The molecule has 0 bridgehead atoms. The number of hydrogen-bond donors (Lipinski definition) is 3. The Morgan fingerprint density at radius 1 is 1.10 bits per heavy atom. The predicted molar refractivity (Wildman–Crippen MR) is 106 cm³/mol. The molecule has 1 aliphatic rings. The first-order valence-electron chi connectivity index (χ1n) is 9.00. The standard InChI is InChI=1S/C19H22F3N7/c20-19(21,22)15-3-1-13(2-4-15)11-28-5-7-29(8-6-28)18-16(14(9-23)10-24)17(25)26-12-27-18/h1-4,9-10,12,23H,5-8,11,24H2,(H2,25,26,27)/b14-10+,23-9?. The zero-order valence-electron chi connectivity index (χ0n) is 15.7. The number of anilines is 2. The molecule has 5 N–H and O–H groups in total.